The van der Waals surface area contributed by atoms with Gasteiger partial charge in [0.25, 0.3) is 0 Å². The largest absolute Gasteiger partial charge is 0.466 e. The number of amides is 1. The number of esters is 1. The Bertz CT molecular complexity index is 251. The van der Waals surface area contributed by atoms with Crippen molar-refractivity contribution in [2.75, 3.05) is 27.7 Å². The lowest BCUT2D eigenvalue weighted by molar-refractivity contribution is -0.134. The molecule has 86 valence electrons. The van der Waals surface area contributed by atoms with Gasteiger partial charge in [-0.1, -0.05) is 6.92 Å². The van der Waals surface area contributed by atoms with Crippen LogP contribution in [0.15, 0.2) is 12.3 Å². The van der Waals surface area contributed by atoms with Gasteiger partial charge in [-0.05, 0) is 0 Å². The Hall–Kier alpha value is -1.52. The molecule has 0 aliphatic heterocycles. The molecule has 0 aliphatic rings. The van der Waals surface area contributed by atoms with E-state index < -0.39 is 5.97 Å². The average molecular weight is 214 g/mol. The van der Waals surface area contributed by atoms with Crippen LogP contribution in [-0.2, 0) is 14.3 Å². The summed E-state index contributed by atoms with van der Waals surface area (Å²) < 4.78 is 4.44. The third-order valence-electron chi connectivity index (χ3n) is 1.92. The van der Waals surface area contributed by atoms with E-state index in [1.54, 1.807) is 25.2 Å². The van der Waals surface area contributed by atoms with Gasteiger partial charge in [0.15, 0.2) is 0 Å². The minimum absolute atomic E-state index is 0.0201. The van der Waals surface area contributed by atoms with Crippen LogP contribution in [0.3, 0.4) is 0 Å². The number of carbonyl (C=O) groups is 2. The van der Waals surface area contributed by atoms with E-state index in [-0.39, 0.29) is 11.8 Å². The van der Waals surface area contributed by atoms with Crippen LogP contribution in [0.2, 0.25) is 0 Å². The lowest BCUT2D eigenvalue weighted by atomic mass is 10.1. The van der Waals surface area contributed by atoms with Crippen molar-refractivity contribution in [3.8, 4) is 0 Å². The van der Waals surface area contributed by atoms with E-state index in [1.165, 1.54) is 13.2 Å². The molecule has 1 atom stereocenters. The SMILES string of the molecule is CNC(=O)C(C)CN(C)/C=C/C(=O)OC. The molecule has 0 radical (unpaired) electrons. The Labute approximate surface area is 90.1 Å². The molecule has 0 bridgehead atoms. The number of hydrogen-bond donors (Lipinski definition) is 1. The summed E-state index contributed by atoms with van der Waals surface area (Å²) in [6, 6.07) is 0. The molecule has 0 spiro atoms. The summed E-state index contributed by atoms with van der Waals surface area (Å²) in [6.45, 7) is 2.37. The highest BCUT2D eigenvalue weighted by Gasteiger charge is 2.11. The minimum atomic E-state index is -0.408. The van der Waals surface area contributed by atoms with Gasteiger partial charge in [-0.25, -0.2) is 4.79 Å². The van der Waals surface area contributed by atoms with Crippen LogP contribution in [0.5, 0.6) is 0 Å². The summed E-state index contributed by atoms with van der Waals surface area (Å²) in [4.78, 5) is 23.7. The van der Waals surface area contributed by atoms with Crippen LogP contribution >= 0.6 is 0 Å². The summed E-state index contributed by atoms with van der Waals surface area (Å²) in [7, 11) is 4.71. The van der Waals surface area contributed by atoms with Crippen LogP contribution < -0.4 is 5.32 Å². The van der Waals surface area contributed by atoms with Crippen molar-refractivity contribution in [1.29, 1.82) is 0 Å². The van der Waals surface area contributed by atoms with Crippen molar-refractivity contribution in [2.24, 2.45) is 5.92 Å². The van der Waals surface area contributed by atoms with E-state index in [4.69, 9.17) is 0 Å². The van der Waals surface area contributed by atoms with Crippen LogP contribution in [-0.4, -0.2) is 44.5 Å². The normalized spacial score (nSPS) is 12.3. The standard InChI is InChI=1S/C10H18N2O3/c1-8(10(14)11-2)7-12(3)6-5-9(13)15-4/h5-6,8H,7H2,1-4H3,(H,11,14)/b6-5+. The van der Waals surface area contributed by atoms with Crippen molar-refractivity contribution in [1.82, 2.24) is 10.2 Å². The lowest BCUT2D eigenvalue weighted by Gasteiger charge is -2.18. The Balaban J connectivity index is 4.03. The first-order valence-corrected chi connectivity index (χ1v) is 4.69. The molecule has 0 aliphatic carbocycles. The zero-order valence-corrected chi connectivity index (χ0v) is 9.61. The minimum Gasteiger partial charge on any atom is -0.466 e. The molecule has 0 aromatic carbocycles. The van der Waals surface area contributed by atoms with Gasteiger partial charge in [0.1, 0.15) is 0 Å². The Kier molecular flexibility index (Phi) is 6.17. The number of methoxy groups -OCH3 is 1. The van der Waals surface area contributed by atoms with Gasteiger partial charge >= 0.3 is 5.97 Å². The molecule has 0 aromatic heterocycles. The molecule has 15 heavy (non-hydrogen) atoms. The number of nitrogens with one attached hydrogen (secondary N) is 1. The average Bonchev–Trinajstić information content (AvgIpc) is 2.24. The lowest BCUT2D eigenvalue weighted by Crippen LogP contribution is -2.32. The number of carbonyl (C=O) groups excluding carboxylic acids is 2. The highest BCUT2D eigenvalue weighted by molar-refractivity contribution is 5.81. The van der Waals surface area contributed by atoms with E-state index in [0.717, 1.165) is 0 Å². The van der Waals surface area contributed by atoms with Gasteiger partial charge in [0, 0.05) is 32.9 Å². The summed E-state index contributed by atoms with van der Waals surface area (Å²) in [5.41, 5.74) is 0. The van der Waals surface area contributed by atoms with Gasteiger partial charge in [0.2, 0.25) is 5.91 Å². The van der Waals surface area contributed by atoms with Crippen molar-refractivity contribution >= 4 is 11.9 Å². The highest BCUT2D eigenvalue weighted by Crippen LogP contribution is 1.98. The first kappa shape index (κ1) is 13.5. The molecule has 1 amide bonds. The fourth-order valence-corrected chi connectivity index (χ4v) is 1.08. The molecule has 5 nitrogen and oxygen atoms in total. The molecule has 0 saturated carbocycles. The van der Waals surface area contributed by atoms with Crippen LogP contribution in [0.1, 0.15) is 6.92 Å². The molecule has 0 rings (SSSR count). The maximum atomic E-state index is 11.2. The smallest absolute Gasteiger partial charge is 0.331 e. The molecular weight excluding hydrogens is 196 g/mol. The second-order valence-corrected chi connectivity index (χ2v) is 3.29. The summed E-state index contributed by atoms with van der Waals surface area (Å²) in [5, 5.41) is 2.56. The van der Waals surface area contributed by atoms with Gasteiger partial charge in [-0.15, -0.1) is 0 Å². The molecule has 0 saturated heterocycles. The van der Waals surface area contributed by atoms with Crippen LogP contribution in [0.25, 0.3) is 0 Å². The second-order valence-electron chi connectivity index (χ2n) is 3.29. The zero-order chi connectivity index (χ0) is 11.8. The summed E-state index contributed by atoms with van der Waals surface area (Å²) >= 11 is 0. The summed E-state index contributed by atoms with van der Waals surface area (Å²) in [5.74, 6) is -0.551. The maximum absolute atomic E-state index is 11.2. The van der Waals surface area contributed by atoms with Crippen LogP contribution in [0.4, 0.5) is 0 Å². The van der Waals surface area contributed by atoms with E-state index in [2.05, 4.69) is 10.1 Å². The van der Waals surface area contributed by atoms with Crippen molar-refractivity contribution in [2.45, 2.75) is 6.92 Å². The predicted octanol–water partition coefficient (Wildman–Crippen LogP) is -0.0130. The fourth-order valence-electron chi connectivity index (χ4n) is 1.08. The van der Waals surface area contributed by atoms with E-state index in [9.17, 15) is 9.59 Å². The fraction of sp³-hybridized carbons (Fsp3) is 0.600. The van der Waals surface area contributed by atoms with Gasteiger partial charge in [0.05, 0.1) is 13.0 Å². The third-order valence-corrected chi connectivity index (χ3v) is 1.92. The quantitative estimate of drug-likeness (QED) is 0.516. The predicted molar refractivity (Wildman–Crippen MR) is 57.0 cm³/mol. The molecule has 0 heterocycles. The number of hydrogen-bond acceptors (Lipinski definition) is 4. The highest BCUT2D eigenvalue weighted by atomic mass is 16.5. The first-order valence-electron chi connectivity index (χ1n) is 4.69. The molecule has 1 unspecified atom stereocenters. The van der Waals surface area contributed by atoms with Gasteiger partial charge in [-0.3, -0.25) is 4.79 Å². The van der Waals surface area contributed by atoms with Crippen molar-refractivity contribution in [3.63, 3.8) is 0 Å². The number of rotatable bonds is 5. The Morgan fingerprint density at radius 2 is 2.13 bits per heavy atom. The molecular formula is C10H18N2O3. The van der Waals surface area contributed by atoms with Crippen molar-refractivity contribution in [3.05, 3.63) is 12.3 Å². The first-order chi connectivity index (χ1) is 7.01. The third kappa shape index (κ3) is 5.72. The zero-order valence-electron chi connectivity index (χ0n) is 9.61. The maximum Gasteiger partial charge on any atom is 0.331 e. The Morgan fingerprint density at radius 1 is 1.53 bits per heavy atom. The topological polar surface area (TPSA) is 58.6 Å². The monoisotopic (exact) mass is 214 g/mol. The van der Waals surface area contributed by atoms with Crippen molar-refractivity contribution < 1.29 is 14.3 Å². The Morgan fingerprint density at radius 3 is 2.60 bits per heavy atom. The number of nitrogens with zero attached hydrogens (tertiary/aromatic N) is 1. The van der Waals surface area contributed by atoms with Gasteiger partial charge < -0.3 is 15.0 Å². The van der Waals surface area contributed by atoms with Gasteiger partial charge in [-0.2, -0.15) is 0 Å². The van der Waals surface area contributed by atoms with E-state index >= 15 is 0 Å². The second kappa shape index (κ2) is 6.86. The molecule has 0 aromatic rings. The molecule has 1 N–H and O–H groups in total. The number of ether oxygens (including phenoxy) is 1. The molecule has 5 heteroatoms. The summed E-state index contributed by atoms with van der Waals surface area (Å²) in [6.07, 6.45) is 2.90. The van der Waals surface area contributed by atoms with E-state index in [0.29, 0.717) is 6.54 Å². The van der Waals surface area contributed by atoms with E-state index in [1.807, 2.05) is 6.92 Å². The van der Waals surface area contributed by atoms with Crippen LogP contribution in [0, 0.1) is 5.92 Å². The molecule has 0 fully saturated rings.